The molecule has 1 fully saturated rings. The Bertz CT molecular complexity index is 1160. The number of ether oxygens (including phenoxy) is 1. The number of carbonyl (C=O) groups is 1. The predicted octanol–water partition coefficient (Wildman–Crippen LogP) is 1.92. The zero-order valence-electron chi connectivity index (χ0n) is 17.0. The average molecular weight is 453 g/mol. The van der Waals surface area contributed by atoms with E-state index < -0.39 is 31.4 Å². The lowest BCUT2D eigenvalue weighted by Crippen LogP contribution is -2.33. The minimum Gasteiger partial charge on any atom is -0.496 e. The lowest BCUT2D eigenvalue weighted by atomic mass is 9.95. The van der Waals surface area contributed by atoms with Gasteiger partial charge in [0.1, 0.15) is 5.75 Å². The van der Waals surface area contributed by atoms with Crippen LogP contribution in [-0.2, 0) is 31.3 Å². The first-order valence-electron chi connectivity index (χ1n) is 9.27. The van der Waals surface area contributed by atoms with Gasteiger partial charge in [-0.05, 0) is 56.2 Å². The standard InChI is InChI=1S/C20H24N2O6S2/c1-20(2)14-29(24,25)22(19(20)23)16-8-10-17(11-9-16)30(26,27)21-13-12-15-6-4-5-7-18(15)28-3/h4-11,21H,12-14H2,1-3H3. The predicted molar refractivity (Wildman–Crippen MR) is 113 cm³/mol. The van der Waals surface area contributed by atoms with Gasteiger partial charge in [-0.25, -0.2) is 25.9 Å². The largest absolute Gasteiger partial charge is 0.496 e. The van der Waals surface area contributed by atoms with E-state index in [0.717, 1.165) is 9.87 Å². The number of amides is 1. The zero-order valence-corrected chi connectivity index (χ0v) is 18.6. The Labute approximate surface area is 177 Å². The first-order chi connectivity index (χ1) is 14.0. The van der Waals surface area contributed by atoms with Crippen molar-refractivity contribution in [3.05, 3.63) is 54.1 Å². The highest BCUT2D eigenvalue weighted by atomic mass is 32.2. The van der Waals surface area contributed by atoms with Crippen molar-refractivity contribution in [1.82, 2.24) is 4.72 Å². The highest BCUT2D eigenvalue weighted by Crippen LogP contribution is 2.35. The third-order valence-electron chi connectivity index (χ3n) is 4.85. The fourth-order valence-corrected chi connectivity index (χ4v) is 6.47. The maximum atomic E-state index is 12.6. The van der Waals surface area contributed by atoms with E-state index in [1.54, 1.807) is 27.0 Å². The maximum absolute atomic E-state index is 12.6. The topological polar surface area (TPSA) is 110 Å². The molecule has 1 amide bonds. The van der Waals surface area contributed by atoms with Crippen molar-refractivity contribution in [3.63, 3.8) is 0 Å². The molecular weight excluding hydrogens is 428 g/mol. The summed E-state index contributed by atoms with van der Waals surface area (Å²) in [5.74, 6) is -0.142. The van der Waals surface area contributed by atoms with Crippen molar-refractivity contribution in [2.75, 3.05) is 23.7 Å². The molecule has 162 valence electrons. The van der Waals surface area contributed by atoms with Crippen molar-refractivity contribution < 1.29 is 26.4 Å². The summed E-state index contributed by atoms with van der Waals surface area (Å²) in [4.78, 5) is 12.4. The highest BCUT2D eigenvalue weighted by molar-refractivity contribution is 7.94. The van der Waals surface area contributed by atoms with Crippen LogP contribution >= 0.6 is 0 Å². The van der Waals surface area contributed by atoms with Crippen molar-refractivity contribution in [2.45, 2.75) is 25.2 Å². The molecule has 30 heavy (non-hydrogen) atoms. The molecule has 0 aliphatic carbocycles. The van der Waals surface area contributed by atoms with Gasteiger partial charge >= 0.3 is 0 Å². The van der Waals surface area contributed by atoms with Gasteiger partial charge in [0.05, 0.1) is 28.9 Å². The van der Waals surface area contributed by atoms with Gasteiger partial charge < -0.3 is 4.74 Å². The van der Waals surface area contributed by atoms with Gasteiger partial charge in [-0.1, -0.05) is 18.2 Å². The maximum Gasteiger partial charge on any atom is 0.247 e. The number of hydrogen-bond acceptors (Lipinski definition) is 6. The van der Waals surface area contributed by atoms with Gasteiger partial charge in [-0.2, -0.15) is 0 Å². The molecule has 0 unspecified atom stereocenters. The van der Waals surface area contributed by atoms with Crippen LogP contribution in [0.3, 0.4) is 0 Å². The van der Waals surface area contributed by atoms with Gasteiger partial charge in [-0.3, -0.25) is 4.79 Å². The van der Waals surface area contributed by atoms with E-state index in [0.29, 0.717) is 12.2 Å². The summed E-state index contributed by atoms with van der Waals surface area (Å²) in [6, 6.07) is 12.6. The second-order valence-corrected chi connectivity index (χ2v) is 11.2. The van der Waals surface area contributed by atoms with Crippen molar-refractivity contribution in [2.24, 2.45) is 5.41 Å². The Morgan fingerprint density at radius 2 is 1.73 bits per heavy atom. The quantitative estimate of drug-likeness (QED) is 0.687. The Morgan fingerprint density at radius 1 is 1.10 bits per heavy atom. The lowest BCUT2D eigenvalue weighted by Gasteiger charge is -2.17. The van der Waals surface area contributed by atoms with E-state index in [1.165, 1.54) is 24.3 Å². The van der Waals surface area contributed by atoms with E-state index in [1.807, 2.05) is 18.2 Å². The molecule has 3 rings (SSSR count). The molecule has 2 aromatic carbocycles. The van der Waals surface area contributed by atoms with Crippen molar-refractivity contribution in [3.8, 4) is 5.75 Å². The summed E-state index contributed by atoms with van der Waals surface area (Å²) in [6.07, 6.45) is 0.441. The Balaban J connectivity index is 1.73. The second-order valence-electron chi connectivity index (χ2n) is 7.66. The number of carbonyl (C=O) groups excluding carboxylic acids is 1. The molecule has 10 heteroatoms. The van der Waals surface area contributed by atoms with E-state index >= 15 is 0 Å². The Kier molecular flexibility index (Phi) is 5.94. The first-order valence-corrected chi connectivity index (χ1v) is 12.4. The number of methoxy groups -OCH3 is 1. The molecular formula is C20H24N2O6S2. The molecule has 0 aromatic heterocycles. The van der Waals surface area contributed by atoms with Crippen LogP contribution in [0.2, 0.25) is 0 Å². The molecule has 0 spiro atoms. The van der Waals surface area contributed by atoms with Crippen LogP contribution in [0.1, 0.15) is 19.4 Å². The third-order valence-corrected chi connectivity index (χ3v) is 8.34. The van der Waals surface area contributed by atoms with Crippen LogP contribution in [0.4, 0.5) is 5.69 Å². The molecule has 1 saturated heterocycles. The molecule has 0 saturated carbocycles. The number of nitrogens with one attached hydrogen (secondary N) is 1. The van der Waals surface area contributed by atoms with Gasteiger partial charge in [0.15, 0.2) is 0 Å². The summed E-state index contributed by atoms with van der Waals surface area (Å²) in [5.41, 5.74) is -0.0270. The monoisotopic (exact) mass is 452 g/mol. The second kappa shape index (κ2) is 8.01. The summed E-state index contributed by atoms with van der Waals surface area (Å²) in [7, 11) is -6.04. The molecule has 1 aliphatic heterocycles. The van der Waals surface area contributed by atoms with Crippen LogP contribution in [0.5, 0.6) is 5.75 Å². The zero-order chi connectivity index (χ0) is 22.2. The van der Waals surface area contributed by atoms with E-state index in [-0.39, 0.29) is 22.9 Å². The lowest BCUT2D eigenvalue weighted by molar-refractivity contribution is -0.123. The van der Waals surface area contributed by atoms with Crippen molar-refractivity contribution >= 4 is 31.6 Å². The molecule has 1 heterocycles. The van der Waals surface area contributed by atoms with Gasteiger partial charge in [0, 0.05) is 6.54 Å². The van der Waals surface area contributed by atoms with Crippen LogP contribution < -0.4 is 13.8 Å². The fraction of sp³-hybridized carbons (Fsp3) is 0.350. The van der Waals surface area contributed by atoms with E-state index in [9.17, 15) is 21.6 Å². The molecule has 2 aromatic rings. The number of nitrogens with zero attached hydrogens (tertiary/aromatic N) is 1. The first kappa shape index (κ1) is 22.3. The summed E-state index contributed by atoms with van der Waals surface area (Å²) >= 11 is 0. The molecule has 0 atom stereocenters. The molecule has 0 radical (unpaired) electrons. The number of anilines is 1. The minimum atomic E-state index is -3.80. The van der Waals surface area contributed by atoms with Gasteiger partial charge in [0.2, 0.25) is 26.0 Å². The van der Waals surface area contributed by atoms with Crippen molar-refractivity contribution in [1.29, 1.82) is 0 Å². The summed E-state index contributed by atoms with van der Waals surface area (Å²) in [6.45, 7) is 3.30. The number of rotatable bonds is 7. The highest BCUT2D eigenvalue weighted by Gasteiger charge is 2.49. The summed E-state index contributed by atoms with van der Waals surface area (Å²) in [5, 5.41) is 0. The molecule has 8 nitrogen and oxygen atoms in total. The minimum absolute atomic E-state index is 0.0189. The summed E-state index contributed by atoms with van der Waals surface area (Å²) < 4.78 is 58.4. The smallest absolute Gasteiger partial charge is 0.247 e. The fourth-order valence-electron chi connectivity index (χ4n) is 3.33. The van der Waals surface area contributed by atoms with E-state index in [4.69, 9.17) is 4.74 Å². The third kappa shape index (κ3) is 4.35. The normalized spacial score (nSPS) is 17.8. The van der Waals surface area contributed by atoms with Gasteiger partial charge in [-0.15, -0.1) is 0 Å². The van der Waals surface area contributed by atoms with Crippen LogP contribution in [0.15, 0.2) is 53.4 Å². The molecule has 0 bridgehead atoms. The van der Waals surface area contributed by atoms with Crippen LogP contribution in [0.25, 0.3) is 0 Å². The van der Waals surface area contributed by atoms with Crippen LogP contribution in [0, 0.1) is 5.41 Å². The Hall–Kier alpha value is -2.43. The van der Waals surface area contributed by atoms with Gasteiger partial charge in [0.25, 0.3) is 0 Å². The number of sulfonamides is 2. The molecule has 1 N–H and O–H groups in total. The average Bonchev–Trinajstić information content (AvgIpc) is 2.84. The number of benzene rings is 2. The Morgan fingerprint density at radius 3 is 2.30 bits per heavy atom. The number of hydrogen-bond donors (Lipinski definition) is 1. The van der Waals surface area contributed by atoms with Crippen LogP contribution in [-0.4, -0.2) is 42.2 Å². The molecule has 1 aliphatic rings. The number of para-hydroxylation sites is 1. The SMILES string of the molecule is COc1ccccc1CCNS(=O)(=O)c1ccc(N2C(=O)C(C)(C)CS2(=O)=O)cc1. The van der Waals surface area contributed by atoms with E-state index in [2.05, 4.69) is 4.72 Å².